The molecule has 2 aliphatic rings. The Hall–Kier alpha value is -4.46. The molecular formula is C30H29NO7. The number of hydrogen-bond donors (Lipinski definition) is 1. The van der Waals surface area contributed by atoms with E-state index in [1.165, 1.54) is 4.90 Å². The molecule has 5 rings (SSSR count). The van der Waals surface area contributed by atoms with Gasteiger partial charge < -0.3 is 29.0 Å². The Morgan fingerprint density at radius 1 is 1.00 bits per heavy atom. The number of aliphatic hydroxyl groups is 1. The van der Waals surface area contributed by atoms with Gasteiger partial charge in [0.1, 0.15) is 17.3 Å². The lowest BCUT2D eigenvalue weighted by molar-refractivity contribution is -0.140. The van der Waals surface area contributed by atoms with Gasteiger partial charge in [0, 0.05) is 12.1 Å². The number of fused-ring (bicyclic) bond motifs is 1. The summed E-state index contributed by atoms with van der Waals surface area (Å²) in [6.45, 7) is 4.86. The number of amides is 1. The Morgan fingerprint density at radius 3 is 2.50 bits per heavy atom. The van der Waals surface area contributed by atoms with E-state index >= 15 is 0 Å². The fraction of sp³-hybridized carbons (Fsp3) is 0.267. The van der Waals surface area contributed by atoms with E-state index in [0.717, 1.165) is 5.56 Å². The van der Waals surface area contributed by atoms with Crippen LogP contribution in [0.1, 0.15) is 36.6 Å². The average Bonchev–Trinajstić information content (AvgIpc) is 3.50. The number of carbonyl (C=O) groups excluding carboxylic acids is 2. The summed E-state index contributed by atoms with van der Waals surface area (Å²) in [5.41, 5.74) is 1.84. The zero-order valence-corrected chi connectivity index (χ0v) is 21.5. The van der Waals surface area contributed by atoms with Crippen molar-refractivity contribution in [1.29, 1.82) is 0 Å². The number of ketones is 1. The summed E-state index contributed by atoms with van der Waals surface area (Å²) in [7, 11) is 1.56. The number of nitrogens with zero attached hydrogens (tertiary/aromatic N) is 1. The molecular weight excluding hydrogens is 486 g/mol. The Kier molecular flexibility index (Phi) is 6.96. The smallest absolute Gasteiger partial charge is 0.295 e. The normalized spacial score (nSPS) is 17.8. The fourth-order valence-corrected chi connectivity index (χ4v) is 4.56. The molecule has 0 spiro atoms. The van der Waals surface area contributed by atoms with Crippen LogP contribution in [0.25, 0.3) is 5.76 Å². The number of likely N-dealkylation sites (tertiary alicyclic amines) is 1. The molecule has 1 amide bonds. The first-order valence-corrected chi connectivity index (χ1v) is 12.4. The van der Waals surface area contributed by atoms with Crippen molar-refractivity contribution in [3.63, 3.8) is 0 Å². The molecule has 3 aromatic rings. The van der Waals surface area contributed by atoms with E-state index in [1.807, 2.05) is 19.9 Å². The number of carbonyl (C=O) groups is 2. The molecule has 0 radical (unpaired) electrons. The molecule has 1 fully saturated rings. The van der Waals surface area contributed by atoms with Crippen LogP contribution in [0.15, 0.2) is 72.3 Å². The third-order valence-electron chi connectivity index (χ3n) is 6.45. The highest BCUT2D eigenvalue weighted by Crippen LogP contribution is 2.42. The summed E-state index contributed by atoms with van der Waals surface area (Å²) in [5, 5.41) is 11.4. The van der Waals surface area contributed by atoms with E-state index in [1.54, 1.807) is 67.8 Å². The molecule has 1 unspecified atom stereocenters. The summed E-state index contributed by atoms with van der Waals surface area (Å²) in [6.07, 6.45) is 0. The van der Waals surface area contributed by atoms with Gasteiger partial charge in [-0.1, -0.05) is 44.2 Å². The third-order valence-corrected chi connectivity index (χ3v) is 6.45. The molecule has 8 heteroatoms. The number of Topliss-reactive ketones (excluding diaryl/α,β-unsaturated/α-hetero) is 1. The molecule has 0 aliphatic carbocycles. The van der Waals surface area contributed by atoms with Gasteiger partial charge in [-0.05, 0) is 53.4 Å². The Balaban J connectivity index is 1.56. The van der Waals surface area contributed by atoms with E-state index in [4.69, 9.17) is 18.9 Å². The Bertz CT molecular complexity index is 1390. The fourth-order valence-electron chi connectivity index (χ4n) is 4.56. The number of methoxy groups -OCH3 is 1. The van der Waals surface area contributed by atoms with Crippen LogP contribution in [-0.2, 0) is 16.1 Å². The predicted molar refractivity (Wildman–Crippen MR) is 140 cm³/mol. The first-order valence-electron chi connectivity index (χ1n) is 12.4. The Labute approximate surface area is 221 Å². The lowest BCUT2D eigenvalue weighted by atomic mass is 9.95. The summed E-state index contributed by atoms with van der Waals surface area (Å²) in [5.74, 6) is 1.03. The van der Waals surface area contributed by atoms with Gasteiger partial charge in [-0.3, -0.25) is 9.59 Å². The number of hydrogen-bond acceptors (Lipinski definition) is 7. The zero-order chi connectivity index (χ0) is 26.8. The van der Waals surface area contributed by atoms with E-state index in [9.17, 15) is 14.7 Å². The topological polar surface area (TPSA) is 94.5 Å². The van der Waals surface area contributed by atoms with Crippen molar-refractivity contribution in [3.8, 4) is 23.0 Å². The highest BCUT2D eigenvalue weighted by molar-refractivity contribution is 6.46. The molecule has 196 valence electrons. The minimum Gasteiger partial charge on any atom is -0.507 e. The van der Waals surface area contributed by atoms with Crippen LogP contribution in [0.2, 0.25) is 0 Å². The maximum atomic E-state index is 13.4. The molecule has 2 aliphatic heterocycles. The van der Waals surface area contributed by atoms with Crippen LogP contribution in [0.3, 0.4) is 0 Å². The third kappa shape index (κ3) is 4.89. The maximum absolute atomic E-state index is 13.4. The molecule has 38 heavy (non-hydrogen) atoms. The summed E-state index contributed by atoms with van der Waals surface area (Å²) < 4.78 is 22.0. The van der Waals surface area contributed by atoms with Crippen molar-refractivity contribution in [2.45, 2.75) is 26.4 Å². The molecule has 1 atom stereocenters. The highest BCUT2D eigenvalue weighted by Gasteiger charge is 2.46. The Morgan fingerprint density at radius 2 is 1.76 bits per heavy atom. The van der Waals surface area contributed by atoms with Gasteiger partial charge in [0.25, 0.3) is 11.7 Å². The van der Waals surface area contributed by atoms with E-state index in [2.05, 4.69) is 0 Å². The summed E-state index contributed by atoms with van der Waals surface area (Å²) in [4.78, 5) is 28.2. The van der Waals surface area contributed by atoms with Crippen LogP contribution in [0.5, 0.6) is 23.0 Å². The zero-order valence-electron chi connectivity index (χ0n) is 21.5. The van der Waals surface area contributed by atoms with Crippen molar-refractivity contribution in [3.05, 3.63) is 89.0 Å². The maximum Gasteiger partial charge on any atom is 0.295 e. The molecule has 1 saturated heterocycles. The highest BCUT2D eigenvalue weighted by atomic mass is 16.7. The van der Waals surface area contributed by atoms with E-state index in [-0.39, 0.29) is 24.7 Å². The average molecular weight is 516 g/mol. The van der Waals surface area contributed by atoms with Crippen LogP contribution in [-0.4, -0.2) is 42.2 Å². The number of aliphatic hydroxyl groups excluding tert-OH is 1. The lowest BCUT2D eigenvalue weighted by Crippen LogP contribution is -2.29. The SMILES string of the molecule is COc1ccc(C2/C(=C(\O)c3cccc(OCC(C)C)c3)C(=O)C(=O)N2Cc2ccc3c(c2)OCO3)cc1. The minimum absolute atomic E-state index is 0.0157. The largest absolute Gasteiger partial charge is 0.507 e. The second kappa shape index (κ2) is 10.5. The quantitative estimate of drug-likeness (QED) is 0.254. The van der Waals surface area contributed by atoms with Gasteiger partial charge in [0.05, 0.1) is 25.3 Å². The van der Waals surface area contributed by atoms with Crippen molar-refractivity contribution < 1.29 is 33.6 Å². The molecule has 0 saturated carbocycles. The minimum atomic E-state index is -0.813. The molecule has 0 bridgehead atoms. The van der Waals surface area contributed by atoms with Crippen LogP contribution in [0, 0.1) is 5.92 Å². The summed E-state index contributed by atoms with van der Waals surface area (Å²) >= 11 is 0. The number of benzene rings is 3. The standard InChI is InChI=1S/C30H29NO7/c1-18(2)16-36-23-6-4-5-21(14-23)28(32)26-27(20-8-10-22(35-3)11-9-20)31(30(34)29(26)33)15-19-7-12-24-25(13-19)38-17-37-24/h4-14,18,27,32H,15-17H2,1-3H3/b28-26+. The monoisotopic (exact) mass is 515 g/mol. The first-order chi connectivity index (χ1) is 18.4. The van der Waals surface area contributed by atoms with Crippen LogP contribution < -0.4 is 18.9 Å². The number of ether oxygens (including phenoxy) is 4. The molecule has 0 aromatic heterocycles. The van der Waals surface area contributed by atoms with E-state index < -0.39 is 17.7 Å². The summed E-state index contributed by atoms with van der Waals surface area (Å²) in [6, 6.07) is 18.6. The van der Waals surface area contributed by atoms with Gasteiger partial charge in [0.2, 0.25) is 6.79 Å². The van der Waals surface area contributed by atoms with Gasteiger partial charge >= 0.3 is 0 Å². The molecule has 8 nitrogen and oxygen atoms in total. The number of rotatable bonds is 8. The molecule has 3 aromatic carbocycles. The van der Waals surface area contributed by atoms with Gasteiger partial charge in [0.15, 0.2) is 11.5 Å². The molecule has 1 N–H and O–H groups in total. The van der Waals surface area contributed by atoms with Crippen molar-refractivity contribution in [2.75, 3.05) is 20.5 Å². The van der Waals surface area contributed by atoms with Crippen molar-refractivity contribution >= 4 is 17.4 Å². The molecule has 2 heterocycles. The predicted octanol–water partition coefficient (Wildman–Crippen LogP) is 5.08. The second-order valence-electron chi connectivity index (χ2n) is 9.62. The van der Waals surface area contributed by atoms with Crippen molar-refractivity contribution in [2.24, 2.45) is 5.92 Å². The van der Waals surface area contributed by atoms with Gasteiger partial charge in [-0.15, -0.1) is 0 Å². The van der Waals surface area contributed by atoms with E-state index in [0.29, 0.717) is 46.6 Å². The van der Waals surface area contributed by atoms with Gasteiger partial charge in [-0.2, -0.15) is 0 Å². The second-order valence-corrected chi connectivity index (χ2v) is 9.62. The van der Waals surface area contributed by atoms with Crippen LogP contribution in [0.4, 0.5) is 0 Å². The van der Waals surface area contributed by atoms with Crippen LogP contribution >= 0.6 is 0 Å². The lowest BCUT2D eigenvalue weighted by Gasteiger charge is -2.25. The first kappa shape index (κ1) is 25.2. The van der Waals surface area contributed by atoms with Gasteiger partial charge in [-0.25, -0.2) is 0 Å². The van der Waals surface area contributed by atoms with Crippen molar-refractivity contribution in [1.82, 2.24) is 4.90 Å².